The number of nitrogens with one attached hydrogen (secondary N) is 2. The first-order valence-electron chi connectivity index (χ1n) is 7.66. The van der Waals surface area contributed by atoms with E-state index in [1.54, 1.807) is 30.3 Å². The molecular weight excluding hydrogens is 340 g/mol. The second kappa shape index (κ2) is 8.89. The Kier molecular flexibility index (Phi) is 6.60. The molecule has 0 aliphatic heterocycles. The Balaban J connectivity index is 1.75. The molecule has 2 amide bonds. The summed E-state index contributed by atoms with van der Waals surface area (Å²) in [4.78, 5) is 23.4. The number of benzene rings is 2. The van der Waals surface area contributed by atoms with Crippen LogP contribution >= 0.6 is 11.6 Å². The molecule has 5 nitrogen and oxygen atoms in total. The zero-order valence-corrected chi connectivity index (χ0v) is 14.8. The number of ether oxygens (including phenoxy) is 1. The number of amides is 2. The highest BCUT2D eigenvalue weighted by atomic mass is 35.5. The third-order valence-electron chi connectivity index (χ3n) is 3.19. The predicted octanol–water partition coefficient (Wildman–Crippen LogP) is 3.20. The lowest BCUT2D eigenvalue weighted by molar-refractivity contribution is -0.128. The van der Waals surface area contributed by atoms with Crippen LogP contribution in [0.2, 0.25) is 5.02 Å². The Morgan fingerprint density at radius 3 is 2.32 bits per heavy atom. The molecule has 0 saturated carbocycles. The van der Waals surface area contributed by atoms with E-state index in [0.29, 0.717) is 10.8 Å². The first-order valence-corrected chi connectivity index (χ1v) is 8.04. The monoisotopic (exact) mass is 358 g/mol. The summed E-state index contributed by atoms with van der Waals surface area (Å²) in [6.07, 6.45) is 2.93. The Hall–Kier alpha value is -2.79. The van der Waals surface area contributed by atoms with Gasteiger partial charge >= 0.3 is 0 Å². The van der Waals surface area contributed by atoms with Crippen LogP contribution in [0.15, 0.2) is 48.5 Å². The van der Waals surface area contributed by atoms with Crippen LogP contribution in [0.25, 0.3) is 6.08 Å². The van der Waals surface area contributed by atoms with Crippen molar-refractivity contribution in [3.63, 3.8) is 0 Å². The average molecular weight is 359 g/mol. The smallest absolute Gasteiger partial charge is 0.276 e. The maximum atomic E-state index is 11.7. The SMILES string of the molecule is Cc1cc(C)cc(OCC(=O)NNC(=O)C=Cc2ccc(Cl)cc2)c1. The van der Waals surface area contributed by atoms with Gasteiger partial charge in [0, 0.05) is 11.1 Å². The van der Waals surface area contributed by atoms with Crippen molar-refractivity contribution in [2.75, 3.05) is 6.61 Å². The fourth-order valence-electron chi connectivity index (χ4n) is 2.12. The van der Waals surface area contributed by atoms with E-state index >= 15 is 0 Å². The Labute approximate surface area is 151 Å². The summed E-state index contributed by atoms with van der Waals surface area (Å²) in [5, 5.41) is 0.623. The van der Waals surface area contributed by atoms with Gasteiger partial charge in [-0.25, -0.2) is 0 Å². The highest BCUT2D eigenvalue weighted by Gasteiger charge is 2.04. The number of hydrazine groups is 1. The van der Waals surface area contributed by atoms with Gasteiger partial charge in [0.15, 0.2) is 6.61 Å². The fourth-order valence-corrected chi connectivity index (χ4v) is 2.25. The zero-order valence-electron chi connectivity index (χ0n) is 14.0. The van der Waals surface area contributed by atoms with E-state index in [2.05, 4.69) is 10.9 Å². The minimum atomic E-state index is -0.451. The first-order chi connectivity index (χ1) is 11.9. The lowest BCUT2D eigenvalue weighted by atomic mass is 10.1. The molecule has 0 aromatic heterocycles. The molecule has 0 heterocycles. The average Bonchev–Trinajstić information content (AvgIpc) is 2.57. The van der Waals surface area contributed by atoms with Crippen LogP contribution in [-0.4, -0.2) is 18.4 Å². The molecule has 2 rings (SSSR count). The molecule has 25 heavy (non-hydrogen) atoms. The lowest BCUT2D eigenvalue weighted by Gasteiger charge is -2.09. The molecule has 0 fully saturated rings. The topological polar surface area (TPSA) is 67.4 Å². The summed E-state index contributed by atoms with van der Waals surface area (Å²) in [6, 6.07) is 12.7. The van der Waals surface area contributed by atoms with Gasteiger partial charge < -0.3 is 4.74 Å². The van der Waals surface area contributed by atoms with Crippen molar-refractivity contribution in [1.82, 2.24) is 10.9 Å². The van der Waals surface area contributed by atoms with Crippen molar-refractivity contribution in [1.29, 1.82) is 0 Å². The van der Waals surface area contributed by atoms with Gasteiger partial charge in [-0.15, -0.1) is 0 Å². The van der Waals surface area contributed by atoms with Crippen molar-refractivity contribution in [3.8, 4) is 5.75 Å². The van der Waals surface area contributed by atoms with E-state index in [1.165, 1.54) is 6.08 Å². The van der Waals surface area contributed by atoms with Crippen molar-refractivity contribution in [2.45, 2.75) is 13.8 Å². The molecule has 0 spiro atoms. The number of hydrogen-bond donors (Lipinski definition) is 2. The normalized spacial score (nSPS) is 10.5. The van der Waals surface area contributed by atoms with E-state index in [1.807, 2.05) is 32.0 Å². The highest BCUT2D eigenvalue weighted by Crippen LogP contribution is 2.15. The van der Waals surface area contributed by atoms with Crippen molar-refractivity contribution >= 4 is 29.5 Å². The van der Waals surface area contributed by atoms with Crippen molar-refractivity contribution in [2.24, 2.45) is 0 Å². The van der Waals surface area contributed by atoms with Crippen LogP contribution in [0, 0.1) is 13.8 Å². The van der Waals surface area contributed by atoms with Gasteiger partial charge in [-0.2, -0.15) is 0 Å². The molecule has 0 unspecified atom stereocenters. The Bertz CT molecular complexity index is 766. The lowest BCUT2D eigenvalue weighted by Crippen LogP contribution is -2.43. The van der Waals surface area contributed by atoms with E-state index in [0.717, 1.165) is 16.7 Å². The minimum absolute atomic E-state index is 0.190. The van der Waals surface area contributed by atoms with Crippen LogP contribution in [0.4, 0.5) is 0 Å². The molecule has 2 N–H and O–H groups in total. The number of hydrogen-bond acceptors (Lipinski definition) is 3. The second-order valence-electron chi connectivity index (χ2n) is 5.53. The maximum absolute atomic E-state index is 11.7. The third kappa shape index (κ3) is 6.69. The summed E-state index contributed by atoms with van der Waals surface area (Å²) >= 11 is 5.79. The van der Waals surface area contributed by atoms with Gasteiger partial charge in [-0.3, -0.25) is 20.4 Å². The molecular formula is C19H19ClN2O3. The number of carbonyl (C=O) groups excluding carboxylic acids is 2. The van der Waals surface area contributed by atoms with Crippen LogP contribution < -0.4 is 15.6 Å². The van der Waals surface area contributed by atoms with E-state index < -0.39 is 11.8 Å². The zero-order chi connectivity index (χ0) is 18.2. The number of aryl methyl sites for hydroxylation is 2. The molecule has 0 saturated heterocycles. The minimum Gasteiger partial charge on any atom is -0.484 e. The first kappa shape index (κ1) is 18.5. The maximum Gasteiger partial charge on any atom is 0.276 e. The quantitative estimate of drug-likeness (QED) is 0.637. The van der Waals surface area contributed by atoms with Gasteiger partial charge in [0.05, 0.1) is 0 Å². The van der Waals surface area contributed by atoms with Crippen LogP contribution in [0.5, 0.6) is 5.75 Å². The van der Waals surface area contributed by atoms with Crippen molar-refractivity contribution < 1.29 is 14.3 Å². The van der Waals surface area contributed by atoms with Gasteiger partial charge in [0.2, 0.25) is 0 Å². The fraction of sp³-hybridized carbons (Fsp3) is 0.158. The highest BCUT2D eigenvalue weighted by molar-refractivity contribution is 6.30. The van der Waals surface area contributed by atoms with Gasteiger partial charge in [-0.05, 0) is 60.9 Å². The van der Waals surface area contributed by atoms with Crippen LogP contribution in [-0.2, 0) is 9.59 Å². The summed E-state index contributed by atoms with van der Waals surface area (Å²) in [5.74, 6) is -0.288. The van der Waals surface area contributed by atoms with Gasteiger partial charge in [0.1, 0.15) is 5.75 Å². The predicted molar refractivity (Wildman–Crippen MR) is 98.2 cm³/mol. The van der Waals surface area contributed by atoms with Crippen LogP contribution in [0.1, 0.15) is 16.7 Å². The number of rotatable bonds is 5. The Morgan fingerprint density at radius 2 is 1.68 bits per heavy atom. The number of carbonyl (C=O) groups is 2. The van der Waals surface area contributed by atoms with Gasteiger partial charge in [0.25, 0.3) is 11.8 Å². The molecule has 2 aromatic carbocycles. The summed E-state index contributed by atoms with van der Waals surface area (Å²) in [6.45, 7) is 3.71. The van der Waals surface area contributed by atoms with E-state index in [-0.39, 0.29) is 6.61 Å². The molecule has 0 atom stereocenters. The van der Waals surface area contributed by atoms with Gasteiger partial charge in [-0.1, -0.05) is 29.8 Å². The molecule has 130 valence electrons. The Morgan fingerprint density at radius 1 is 1.04 bits per heavy atom. The molecule has 0 radical (unpaired) electrons. The summed E-state index contributed by atoms with van der Waals surface area (Å²) in [7, 11) is 0. The number of halogens is 1. The summed E-state index contributed by atoms with van der Waals surface area (Å²) in [5.41, 5.74) is 7.51. The largest absolute Gasteiger partial charge is 0.484 e. The third-order valence-corrected chi connectivity index (χ3v) is 3.44. The molecule has 6 heteroatoms. The molecule has 2 aromatic rings. The standard InChI is InChI=1S/C19H19ClN2O3/c1-13-9-14(2)11-17(10-13)25-12-19(24)22-21-18(23)8-5-15-3-6-16(20)7-4-15/h3-11H,12H2,1-2H3,(H,21,23)(H,22,24). The molecule has 0 aliphatic carbocycles. The van der Waals surface area contributed by atoms with E-state index in [4.69, 9.17) is 16.3 Å². The van der Waals surface area contributed by atoms with E-state index in [9.17, 15) is 9.59 Å². The van der Waals surface area contributed by atoms with Crippen molar-refractivity contribution in [3.05, 3.63) is 70.3 Å². The van der Waals surface area contributed by atoms with Crippen LogP contribution in [0.3, 0.4) is 0 Å². The second-order valence-corrected chi connectivity index (χ2v) is 5.97. The summed E-state index contributed by atoms with van der Waals surface area (Å²) < 4.78 is 5.41. The molecule has 0 bridgehead atoms. The molecule has 0 aliphatic rings.